The van der Waals surface area contributed by atoms with Crippen LogP contribution < -0.4 is 9.47 Å². The number of amides is 1. The zero-order valence-corrected chi connectivity index (χ0v) is 16.1. The van der Waals surface area contributed by atoms with Crippen LogP contribution in [0.5, 0.6) is 11.5 Å². The fourth-order valence-electron chi connectivity index (χ4n) is 2.83. The average molecular weight is 373 g/mol. The van der Waals surface area contributed by atoms with E-state index in [1.165, 1.54) is 4.90 Å². The molecule has 0 bridgehead atoms. The van der Waals surface area contributed by atoms with E-state index in [0.29, 0.717) is 17.1 Å². The van der Waals surface area contributed by atoms with E-state index in [4.69, 9.17) is 18.9 Å². The van der Waals surface area contributed by atoms with E-state index in [-0.39, 0.29) is 19.2 Å². The van der Waals surface area contributed by atoms with Crippen molar-refractivity contribution >= 4 is 11.9 Å². The number of benzene rings is 1. The smallest absolute Gasteiger partial charge is 0.413 e. The molecule has 1 amide bonds. The number of ether oxygens (including phenoxy) is 4. The van der Waals surface area contributed by atoms with Crippen LogP contribution in [0.3, 0.4) is 0 Å². The number of carbonyl (C=O) groups is 2. The molecule has 7 nitrogen and oxygen atoms in total. The Kier molecular flexibility index (Phi) is 4.79. The zero-order valence-electron chi connectivity index (χ0n) is 16.1. The summed E-state index contributed by atoms with van der Waals surface area (Å²) < 4.78 is 21.6. The number of Topliss-reactive ketones (excluding diaryl/α,β-unsaturated/α-hetero) is 1. The van der Waals surface area contributed by atoms with Crippen molar-refractivity contribution in [1.29, 1.82) is 0 Å². The second-order valence-corrected chi connectivity index (χ2v) is 7.79. The van der Waals surface area contributed by atoms with E-state index in [9.17, 15) is 9.59 Å². The lowest BCUT2D eigenvalue weighted by molar-refractivity contribution is -0.0608. The van der Waals surface area contributed by atoms with Gasteiger partial charge in [0, 0.05) is 5.56 Å². The second-order valence-electron chi connectivity index (χ2n) is 7.79. The third-order valence-electron chi connectivity index (χ3n) is 4.06. The molecule has 0 radical (unpaired) electrons. The van der Waals surface area contributed by atoms with Crippen LogP contribution in [0.2, 0.25) is 0 Å². The first-order valence-electron chi connectivity index (χ1n) is 8.69. The molecule has 2 aliphatic rings. The van der Waals surface area contributed by atoms with Crippen LogP contribution in [0.1, 0.15) is 45.0 Å². The fraction of sp³-hybridized carbons (Fsp3) is 0.500. The summed E-state index contributed by atoms with van der Waals surface area (Å²) in [5, 5.41) is 0. The van der Waals surface area contributed by atoms with Gasteiger partial charge in [-0.05, 0) is 58.7 Å². The van der Waals surface area contributed by atoms with Crippen LogP contribution in [-0.2, 0) is 9.47 Å². The molecule has 2 aliphatic heterocycles. The molecule has 7 heteroatoms. The maximum atomic E-state index is 12.6. The van der Waals surface area contributed by atoms with Gasteiger partial charge in [-0.15, -0.1) is 0 Å². The summed E-state index contributed by atoms with van der Waals surface area (Å²) in [5.74, 6) is 6.19. The number of hydrogen-bond acceptors (Lipinski definition) is 6. The van der Waals surface area contributed by atoms with Gasteiger partial charge in [-0.2, -0.15) is 0 Å². The van der Waals surface area contributed by atoms with Gasteiger partial charge in [0.2, 0.25) is 12.6 Å². The highest BCUT2D eigenvalue weighted by Gasteiger charge is 2.45. The molecule has 1 fully saturated rings. The van der Waals surface area contributed by atoms with E-state index in [0.717, 1.165) is 0 Å². The summed E-state index contributed by atoms with van der Waals surface area (Å²) >= 11 is 0. The van der Waals surface area contributed by atoms with Gasteiger partial charge in [0.05, 0.1) is 6.61 Å². The molecular weight excluding hydrogens is 350 g/mol. The Labute approximate surface area is 158 Å². The van der Waals surface area contributed by atoms with Gasteiger partial charge in [0.15, 0.2) is 11.5 Å². The second kappa shape index (κ2) is 6.78. The zero-order chi connectivity index (χ0) is 19.8. The molecule has 144 valence electrons. The first-order chi connectivity index (χ1) is 12.6. The topological polar surface area (TPSA) is 74.3 Å². The predicted molar refractivity (Wildman–Crippen MR) is 96.6 cm³/mol. The van der Waals surface area contributed by atoms with Crippen LogP contribution in [0.15, 0.2) is 18.2 Å². The first kappa shape index (κ1) is 19.1. The third-order valence-corrected chi connectivity index (χ3v) is 4.06. The number of fused-ring (bicyclic) bond motifs is 1. The summed E-state index contributed by atoms with van der Waals surface area (Å²) in [6.07, 6.45) is -0.528. The maximum Gasteiger partial charge on any atom is 0.413 e. The van der Waals surface area contributed by atoms with Gasteiger partial charge in [-0.3, -0.25) is 9.69 Å². The van der Waals surface area contributed by atoms with Crippen molar-refractivity contribution in [2.24, 2.45) is 0 Å². The van der Waals surface area contributed by atoms with Crippen molar-refractivity contribution in [3.63, 3.8) is 0 Å². The van der Waals surface area contributed by atoms with Gasteiger partial charge in [-0.25, -0.2) is 4.79 Å². The quantitative estimate of drug-likeness (QED) is 0.428. The van der Waals surface area contributed by atoms with Gasteiger partial charge in [0.25, 0.3) is 0 Å². The van der Waals surface area contributed by atoms with Gasteiger partial charge >= 0.3 is 6.09 Å². The third kappa shape index (κ3) is 4.17. The standard InChI is InChI=1S/C20H23NO6/c1-19(2,3)27-18(23)21-14(11-26-20(21,4)5)7-8-15(22)13-6-9-16-17(10-13)25-12-24-16/h6,9-10,14H,11-12H2,1-5H3/t14-/m1/s1. The lowest BCUT2D eigenvalue weighted by Crippen LogP contribution is -2.49. The van der Waals surface area contributed by atoms with E-state index in [2.05, 4.69) is 11.8 Å². The monoisotopic (exact) mass is 373 g/mol. The molecule has 1 saturated heterocycles. The Morgan fingerprint density at radius 2 is 1.93 bits per heavy atom. The van der Waals surface area contributed by atoms with E-state index in [1.807, 2.05) is 0 Å². The molecule has 0 aromatic heterocycles. The van der Waals surface area contributed by atoms with Crippen LogP contribution in [0.25, 0.3) is 0 Å². The summed E-state index contributed by atoms with van der Waals surface area (Å²) in [7, 11) is 0. The summed E-state index contributed by atoms with van der Waals surface area (Å²) in [5.41, 5.74) is -1.12. The Morgan fingerprint density at radius 3 is 2.63 bits per heavy atom. The Balaban J connectivity index is 1.78. The molecule has 1 aromatic carbocycles. The van der Waals surface area contributed by atoms with Crippen LogP contribution >= 0.6 is 0 Å². The van der Waals surface area contributed by atoms with Crippen molar-refractivity contribution in [2.75, 3.05) is 13.4 Å². The van der Waals surface area contributed by atoms with Gasteiger partial charge in [-0.1, -0.05) is 5.92 Å². The van der Waals surface area contributed by atoms with Crippen molar-refractivity contribution in [3.05, 3.63) is 23.8 Å². The van der Waals surface area contributed by atoms with E-state index >= 15 is 0 Å². The molecule has 0 unspecified atom stereocenters. The molecule has 0 N–H and O–H groups in total. The minimum absolute atomic E-state index is 0.137. The van der Waals surface area contributed by atoms with Gasteiger partial charge in [0.1, 0.15) is 17.4 Å². The molecule has 1 aromatic rings. The van der Waals surface area contributed by atoms with E-state index < -0.39 is 23.5 Å². The first-order valence-corrected chi connectivity index (χ1v) is 8.69. The molecule has 27 heavy (non-hydrogen) atoms. The molecular formula is C20H23NO6. The lowest BCUT2D eigenvalue weighted by Gasteiger charge is -2.33. The maximum absolute atomic E-state index is 12.6. The van der Waals surface area contributed by atoms with Crippen molar-refractivity contribution in [3.8, 4) is 23.3 Å². The minimum Gasteiger partial charge on any atom is -0.454 e. The van der Waals surface area contributed by atoms with Crippen LogP contribution in [-0.4, -0.2) is 47.5 Å². The van der Waals surface area contributed by atoms with Crippen molar-refractivity contribution < 1.29 is 28.5 Å². The van der Waals surface area contributed by atoms with Crippen LogP contribution in [0, 0.1) is 11.8 Å². The fourth-order valence-corrected chi connectivity index (χ4v) is 2.83. The number of nitrogens with zero attached hydrogens (tertiary/aromatic N) is 1. The number of hydrogen-bond donors (Lipinski definition) is 0. The lowest BCUT2D eigenvalue weighted by atomic mass is 10.1. The van der Waals surface area contributed by atoms with E-state index in [1.54, 1.807) is 52.8 Å². The minimum atomic E-state index is -0.872. The largest absolute Gasteiger partial charge is 0.454 e. The van der Waals surface area contributed by atoms with Crippen LogP contribution in [0.4, 0.5) is 4.79 Å². The highest BCUT2D eigenvalue weighted by atomic mass is 16.7. The van der Waals surface area contributed by atoms with Gasteiger partial charge < -0.3 is 18.9 Å². The highest BCUT2D eigenvalue weighted by molar-refractivity contribution is 6.09. The summed E-state index contributed by atoms with van der Waals surface area (Å²) in [6.45, 7) is 9.23. The predicted octanol–water partition coefficient (Wildman–Crippen LogP) is 2.97. The highest BCUT2D eigenvalue weighted by Crippen LogP contribution is 2.33. The Hall–Kier alpha value is -2.72. The molecule has 0 spiro atoms. The molecule has 1 atom stereocenters. The van der Waals surface area contributed by atoms with Crippen molar-refractivity contribution in [2.45, 2.75) is 52.0 Å². The molecule has 0 saturated carbocycles. The molecule has 3 rings (SSSR count). The number of rotatable bonds is 1. The summed E-state index contributed by atoms with van der Waals surface area (Å²) in [4.78, 5) is 26.4. The number of carbonyl (C=O) groups excluding carboxylic acids is 2. The SMILES string of the molecule is CC(C)(C)OC(=O)N1[C@H](C#CC(=O)c2ccc3c(c2)OCO3)COC1(C)C. The number of ketones is 1. The van der Waals surface area contributed by atoms with Crippen molar-refractivity contribution in [1.82, 2.24) is 4.90 Å². The normalized spacial score (nSPS) is 20.0. The summed E-state index contributed by atoms with van der Waals surface area (Å²) in [6, 6.07) is 4.32. The Morgan fingerprint density at radius 1 is 1.22 bits per heavy atom. The average Bonchev–Trinajstić information content (AvgIpc) is 3.13. The molecule has 2 heterocycles. The Bertz CT molecular complexity index is 827. The molecule has 0 aliphatic carbocycles.